The molecule has 0 aromatic rings. The van der Waals surface area contributed by atoms with E-state index in [-0.39, 0.29) is 47.0 Å². The summed E-state index contributed by atoms with van der Waals surface area (Å²) >= 11 is 66.6. The number of hydrogen-bond acceptors (Lipinski definition) is 24. The summed E-state index contributed by atoms with van der Waals surface area (Å²) in [6.45, 7) is 0. The van der Waals surface area contributed by atoms with Crippen molar-refractivity contribution in [3.05, 3.63) is 0 Å². The van der Waals surface area contributed by atoms with Crippen LogP contribution >= 0.6 is 73.3 Å². The molecule has 31 heteroatoms. The van der Waals surface area contributed by atoms with Crippen molar-refractivity contribution in [3.8, 4) is 0 Å². The van der Waals surface area contributed by atoms with Crippen molar-refractivity contribution in [2.45, 2.75) is 0 Å². The first-order valence-corrected chi connectivity index (χ1v) is 12.1. The number of hydrogen-bond donors (Lipinski definition) is 6. The van der Waals surface area contributed by atoms with Crippen LogP contribution in [0.1, 0.15) is 0 Å². The molecule has 0 atom stereocenters. The number of nitrogens with two attached hydrogens (primary N) is 6. The molecule has 0 aliphatic heterocycles. The van der Waals surface area contributed by atoms with Crippen molar-refractivity contribution in [1.29, 1.82) is 0 Å². The van der Waals surface area contributed by atoms with Gasteiger partial charge in [0.05, 0.1) is 0 Å². The van der Waals surface area contributed by atoms with Crippen LogP contribution in [0, 0.1) is 0 Å². The maximum Gasteiger partial charge on any atom is 0.197 e. The van der Waals surface area contributed by atoms with Crippen LogP contribution in [0.2, 0.25) is 0 Å². The van der Waals surface area contributed by atoms with E-state index in [2.05, 4.69) is 259 Å². The summed E-state index contributed by atoms with van der Waals surface area (Å²) in [6.07, 6.45) is 0. The van der Waals surface area contributed by atoms with Crippen LogP contribution in [0.15, 0.2) is 0 Å². The third-order valence-corrected chi connectivity index (χ3v) is 0. The van der Waals surface area contributed by atoms with Gasteiger partial charge in [0.1, 0.15) is 0 Å². The van der Waals surface area contributed by atoms with Crippen molar-refractivity contribution in [1.82, 2.24) is 0 Å². The normalized spacial score (nSPS) is 4.54. The zero-order valence-electron chi connectivity index (χ0n) is 16.7. The van der Waals surface area contributed by atoms with E-state index in [1.807, 2.05) is 0 Å². The Hall–Kier alpha value is 1.47. The average Bonchev–Trinajstić information content (AvgIpc) is 2.74. The molecular formula is C6H12MoN6O6S18-6. The first-order valence-electron chi connectivity index (χ1n) is 5.18. The van der Waals surface area contributed by atoms with Crippen molar-refractivity contribution >= 4 is 250 Å². The quantitative estimate of drug-likeness (QED) is 0.0788. The third kappa shape index (κ3) is 21900. The fourth-order valence-electron chi connectivity index (χ4n) is 0. The molecule has 0 heterocycles. The molecule has 0 unspecified atom stereocenters. The monoisotopic (exact) mass is 937 g/mol. The van der Waals surface area contributed by atoms with E-state index < -0.39 is 0 Å². The molecule has 37 heavy (non-hydrogen) atoms. The second-order valence-corrected chi connectivity index (χ2v) is 8.74. The molecule has 12 N–H and O–H groups in total. The summed E-state index contributed by atoms with van der Waals surface area (Å²) in [5, 5.41) is 0. The van der Waals surface area contributed by atoms with Gasteiger partial charge < -0.3 is 183 Å². The first kappa shape index (κ1) is 83.3. The van der Waals surface area contributed by atoms with E-state index in [9.17, 15) is 0 Å². The molecule has 0 aromatic heterocycles. The summed E-state index contributed by atoms with van der Waals surface area (Å²) < 4.78 is 47.5. The summed E-state index contributed by atoms with van der Waals surface area (Å²) in [7, 11) is 0. The molecule has 0 rings (SSSR count). The van der Waals surface area contributed by atoms with E-state index in [0.29, 0.717) is 0 Å². The van der Waals surface area contributed by atoms with Gasteiger partial charge >= 0.3 is 0 Å². The Bertz CT molecular complexity index is 368. The van der Waals surface area contributed by atoms with Crippen molar-refractivity contribution in [2.24, 2.45) is 34.4 Å². The molecule has 0 radical (unpaired) electrons. The maximum absolute atomic E-state index is 7.83. The second kappa shape index (κ2) is 131. The SMILES string of the molecule is NC(=S)[S-].NC(=S)[S-].NC(=S)[S-].NC(=S)[S-].NC(=S)[S-].NC(=S)[S-].O=S.O=S.O=S.O=S.O=S.O=S.[Mo]. The molecule has 0 aliphatic carbocycles. The van der Waals surface area contributed by atoms with Crippen LogP contribution < -0.4 is 34.4 Å². The van der Waals surface area contributed by atoms with Crippen LogP contribution in [0.3, 0.4) is 0 Å². The topological polar surface area (TPSA) is 259 Å². The van der Waals surface area contributed by atoms with Gasteiger partial charge in [0.15, 0.2) is 75.2 Å². The summed E-state index contributed by atoms with van der Waals surface area (Å²) in [5.74, 6) is 0. The molecule has 222 valence electrons. The van der Waals surface area contributed by atoms with Gasteiger partial charge in [-0.15, -0.1) is 0 Å². The van der Waals surface area contributed by atoms with E-state index in [0.717, 1.165) is 0 Å². The maximum atomic E-state index is 7.83. The van der Waals surface area contributed by atoms with E-state index in [1.54, 1.807) is 0 Å². The Labute approximate surface area is 326 Å². The molecule has 0 amide bonds. The molecule has 0 fully saturated rings. The smallest absolute Gasteiger partial charge is 0.197 e. The van der Waals surface area contributed by atoms with Gasteiger partial charge in [0.25, 0.3) is 0 Å². The van der Waals surface area contributed by atoms with Crippen LogP contribution in [0.5, 0.6) is 0 Å². The predicted molar refractivity (Wildman–Crippen MR) is 194 cm³/mol. The Balaban J connectivity index is -0.0000000156. The van der Waals surface area contributed by atoms with Gasteiger partial charge in [-0.1, -0.05) is 25.9 Å². The Morgan fingerprint density at radius 2 is 0.297 bits per heavy atom. The molecule has 0 saturated heterocycles. The fourth-order valence-corrected chi connectivity index (χ4v) is 0. The third-order valence-electron chi connectivity index (χ3n) is 0. The average molecular weight is 937 g/mol. The van der Waals surface area contributed by atoms with Crippen molar-refractivity contribution < 1.29 is 46.3 Å². The largest absolute Gasteiger partial charge is 0.415 e. The van der Waals surface area contributed by atoms with Crippen LogP contribution in [-0.2, 0) is 172 Å². The molecular weight excluding hydrogens is 925 g/mol. The molecule has 12 nitrogen and oxygen atoms in total. The molecule has 0 aliphatic rings. The van der Waals surface area contributed by atoms with E-state index >= 15 is 0 Å². The Morgan fingerprint density at radius 3 is 0.297 bits per heavy atom. The van der Waals surface area contributed by atoms with Crippen LogP contribution in [0.25, 0.3) is 0 Å². The zero-order valence-corrected chi connectivity index (χ0v) is 33.4. The van der Waals surface area contributed by atoms with Crippen LogP contribution in [0.4, 0.5) is 0 Å². The fraction of sp³-hybridized carbons (Fsp3) is 0. The van der Waals surface area contributed by atoms with Gasteiger partial charge in [-0.3, -0.25) is 0 Å². The Kier molecular flexibility index (Phi) is 296. The van der Waals surface area contributed by atoms with Crippen LogP contribution in [-0.4, -0.2) is 51.2 Å². The van der Waals surface area contributed by atoms with Gasteiger partial charge in [-0.2, -0.15) is 25.3 Å². The van der Waals surface area contributed by atoms with Gasteiger partial charge in [-0.05, 0) is 0 Å². The van der Waals surface area contributed by atoms with E-state index in [1.165, 1.54) is 0 Å². The zero-order chi connectivity index (χ0) is 33.5. The standard InChI is InChI=1S/6CH3NS2.Mo.6OS/c6*2-1(3)4;;6*1-2/h6*(H3,2,3,4);;;;;;;/p-6. The predicted octanol–water partition coefficient (Wildman–Crippen LogP) is -3.36. The van der Waals surface area contributed by atoms with Gasteiger partial charge in [-0.25, -0.2) is 0 Å². The second-order valence-electron chi connectivity index (χ2n) is 1.91. The van der Waals surface area contributed by atoms with Crippen molar-refractivity contribution in [3.63, 3.8) is 0 Å². The minimum absolute atomic E-state index is 0. The minimum atomic E-state index is 0. The van der Waals surface area contributed by atoms with Gasteiger partial charge in [0.2, 0.25) is 0 Å². The summed E-state index contributed by atoms with van der Waals surface area (Å²) in [4.78, 5) is 0. The molecule has 0 bridgehead atoms. The van der Waals surface area contributed by atoms with E-state index in [4.69, 9.17) is 25.3 Å². The minimum Gasteiger partial charge on any atom is -0.415 e. The molecule has 0 aromatic carbocycles. The van der Waals surface area contributed by atoms with Gasteiger partial charge in [0, 0.05) is 21.1 Å². The Morgan fingerprint density at radius 1 is 0.297 bits per heavy atom. The van der Waals surface area contributed by atoms with Crippen molar-refractivity contribution in [2.75, 3.05) is 0 Å². The molecule has 0 saturated carbocycles. The summed E-state index contributed by atoms with van der Waals surface area (Å²) in [5.41, 5.74) is 27.9. The number of rotatable bonds is 0. The summed E-state index contributed by atoms with van der Waals surface area (Å²) in [6, 6.07) is 0. The molecule has 0 spiro atoms. The number of thiocarbonyl (C=S) groups is 6. The first-order chi connectivity index (χ1) is 16.4.